The molecule has 2 amide bonds. The smallest absolute Gasteiger partial charge is 0.337 e. The van der Waals surface area contributed by atoms with Crippen LogP contribution in [0.2, 0.25) is 0 Å². The number of carboxylic acids is 1. The summed E-state index contributed by atoms with van der Waals surface area (Å²) in [6.45, 7) is 0. The van der Waals surface area contributed by atoms with Crippen molar-refractivity contribution in [2.24, 2.45) is 0 Å². The van der Waals surface area contributed by atoms with Crippen LogP contribution in [0.3, 0.4) is 0 Å². The third-order valence-corrected chi connectivity index (χ3v) is 5.11. The fraction of sp³-hybridized carbons (Fsp3) is 0.0870. The van der Waals surface area contributed by atoms with Crippen LogP contribution in [-0.2, 0) is 0 Å². The number of hydrogen-bond donors (Lipinski definition) is 1. The molecule has 0 spiro atoms. The SMILES string of the molecule is COc1cc(C(=O)O)c(N2C(=O)c3ccc(Oc4ccc([N+](=O)[O-])cc4)cc3C2=O)cc1OC. The Morgan fingerprint density at radius 1 is 0.882 bits per heavy atom. The summed E-state index contributed by atoms with van der Waals surface area (Å²) in [6.07, 6.45) is 0. The summed E-state index contributed by atoms with van der Waals surface area (Å²) in [5.41, 5.74) is -0.534. The lowest BCUT2D eigenvalue weighted by molar-refractivity contribution is -0.384. The molecule has 0 aliphatic carbocycles. The van der Waals surface area contributed by atoms with Crippen molar-refractivity contribution in [2.45, 2.75) is 0 Å². The van der Waals surface area contributed by atoms with Gasteiger partial charge in [0.05, 0.1) is 41.5 Å². The number of carbonyl (C=O) groups is 3. The summed E-state index contributed by atoms with van der Waals surface area (Å²) in [4.78, 5) is 49.1. The highest BCUT2D eigenvalue weighted by Gasteiger charge is 2.39. The minimum atomic E-state index is -1.37. The molecule has 0 unspecified atom stereocenters. The van der Waals surface area contributed by atoms with Crippen LogP contribution in [0.5, 0.6) is 23.0 Å². The van der Waals surface area contributed by atoms with Crippen molar-refractivity contribution in [3.8, 4) is 23.0 Å². The third-order valence-electron chi connectivity index (χ3n) is 5.11. The quantitative estimate of drug-likeness (QED) is 0.312. The van der Waals surface area contributed by atoms with E-state index in [9.17, 15) is 29.6 Å². The Morgan fingerprint density at radius 3 is 2.06 bits per heavy atom. The minimum absolute atomic E-state index is 0.00975. The first kappa shape index (κ1) is 22.3. The average molecular weight is 464 g/mol. The number of nitro benzene ring substituents is 1. The number of aromatic carboxylic acids is 1. The van der Waals surface area contributed by atoms with Crippen molar-refractivity contribution in [1.29, 1.82) is 0 Å². The summed E-state index contributed by atoms with van der Waals surface area (Å²) in [7, 11) is 2.67. The highest BCUT2D eigenvalue weighted by atomic mass is 16.6. The van der Waals surface area contributed by atoms with Gasteiger partial charge in [0.1, 0.15) is 11.5 Å². The molecule has 3 aromatic carbocycles. The summed E-state index contributed by atoms with van der Waals surface area (Å²) in [5, 5.41) is 20.4. The van der Waals surface area contributed by atoms with E-state index >= 15 is 0 Å². The van der Waals surface area contributed by atoms with Gasteiger partial charge in [0.25, 0.3) is 17.5 Å². The number of imide groups is 1. The molecule has 0 atom stereocenters. The molecular weight excluding hydrogens is 448 g/mol. The number of carboxylic acid groups (broad SMARTS) is 1. The van der Waals surface area contributed by atoms with Crippen LogP contribution in [0.1, 0.15) is 31.1 Å². The number of hydrogen-bond acceptors (Lipinski definition) is 8. The van der Waals surface area contributed by atoms with Gasteiger partial charge in [-0.3, -0.25) is 19.7 Å². The van der Waals surface area contributed by atoms with E-state index in [-0.39, 0.29) is 51.1 Å². The zero-order valence-corrected chi connectivity index (χ0v) is 17.8. The van der Waals surface area contributed by atoms with Crippen LogP contribution in [0, 0.1) is 10.1 Å². The second-order valence-corrected chi connectivity index (χ2v) is 7.04. The van der Waals surface area contributed by atoms with Crippen molar-refractivity contribution in [1.82, 2.24) is 0 Å². The zero-order valence-electron chi connectivity index (χ0n) is 17.8. The van der Waals surface area contributed by atoms with Crippen molar-refractivity contribution >= 4 is 29.2 Å². The Morgan fingerprint density at radius 2 is 1.47 bits per heavy atom. The molecule has 11 nitrogen and oxygen atoms in total. The largest absolute Gasteiger partial charge is 0.493 e. The standard InChI is InChI=1S/C23H16N2O9/c1-32-19-10-17(23(28)29)18(11-20(19)33-2)24-21(26)15-8-7-14(9-16(15)22(24)27)34-13-5-3-12(4-6-13)25(30)31/h3-11H,1-2H3,(H,28,29). The summed E-state index contributed by atoms with van der Waals surface area (Å²) in [6, 6.07) is 11.9. The van der Waals surface area contributed by atoms with E-state index < -0.39 is 22.7 Å². The molecule has 0 saturated heterocycles. The lowest BCUT2D eigenvalue weighted by atomic mass is 10.1. The molecule has 0 aromatic heterocycles. The maximum Gasteiger partial charge on any atom is 0.337 e. The van der Waals surface area contributed by atoms with Gasteiger partial charge in [0, 0.05) is 24.3 Å². The van der Waals surface area contributed by atoms with E-state index in [0.29, 0.717) is 0 Å². The first-order valence-corrected chi connectivity index (χ1v) is 9.69. The van der Waals surface area contributed by atoms with E-state index in [4.69, 9.17) is 14.2 Å². The monoisotopic (exact) mass is 464 g/mol. The van der Waals surface area contributed by atoms with Crippen molar-refractivity contribution in [3.63, 3.8) is 0 Å². The average Bonchev–Trinajstić information content (AvgIpc) is 3.07. The van der Waals surface area contributed by atoms with Gasteiger partial charge >= 0.3 is 5.97 Å². The maximum absolute atomic E-state index is 13.2. The Hall–Kier alpha value is -4.93. The number of amides is 2. The van der Waals surface area contributed by atoms with Crippen LogP contribution < -0.4 is 19.1 Å². The molecule has 0 bridgehead atoms. The number of anilines is 1. The summed E-state index contributed by atoms with van der Waals surface area (Å²) >= 11 is 0. The number of fused-ring (bicyclic) bond motifs is 1. The maximum atomic E-state index is 13.2. The molecule has 4 rings (SSSR count). The highest BCUT2D eigenvalue weighted by molar-refractivity contribution is 6.35. The van der Waals surface area contributed by atoms with Crippen LogP contribution in [0.15, 0.2) is 54.6 Å². The predicted molar refractivity (Wildman–Crippen MR) is 117 cm³/mol. The molecule has 0 fully saturated rings. The van der Waals surface area contributed by atoms with E-state index in [1.165, 1.54) is 68.8 Å². The predicted octanol–water partition coefficient (Wildman–Crippen LogP) is 3.90. The van der Waals surface area contributed by atoms with Crippen molar-refractivity contribution in [2.75, 3.05) is 19.1 Å². The number of rotatable bonds is 7. The number of nitrogens with zero attached hydrogens (tertiary/aromatic N) is 2. The number of benzene rings is 3. The lowest BCUT2D eigenvalue weighted by Crippen LogP contribution is -2.31. The zero-order chi connectivity index (χ0) is 24.6. The second kappa shape index (κ2) is 8.54. The normalized spacial score (nSPS) is 12.4. The molecule has 3 aromatic rings. The molecule has 11 heteroatoms. The van der Waals surface area contributed by atoms with Gasteiger partial charge in [-0.2, -0.15) is 0 Å². The third kappa shape index (κ3) is 3.75. The molecule has 1 heterocycles. The van der Waals surface area contributed by atoms with Gasteiger partial charge < -0.3 is 19.3 Å². The van der Waals surface area contributed by atoms with Crippen LogP contribution >= 0.6 is 0 Å². The van der Waals surface area contributed by atoms with E-state index in [1.807, 2.05) is 0 Å². The first-order valence-electron chi connectivity index (χ1n) is 9.69. The number of nitro groups is 1. The Labute approximate surface area is 191 Å². The highest BCUT2D eigenvalue weighted by Crippen LogP contribution is 2.39. The molecule has 1 aliphatic rings. The number of non-ortho nitro benzene ring substituents is 1. The van der Waals surface area contributed by atoms with Crippen LogP contribution in [0.25, 0.3) is 0 Å². The molecule has 1 aliphatic heterocycles. The van der Waals surface area contributed by atoms with E-state index in [1.54, 1.807) is 0 Å². The molecule has 1 N–H and O–H groups in total. The molecule has 34 heavy (non-hydrogen) atoms. The lowest BCUT2D eigenvalue weighted by Gasteiger charge is -2.19. The Balaban J connectivity index is 1.70. The van der Waals surface area contributed by atoms with Gasteiger partial charge in [0.2, 0.25) is 0 Å². The van der Waals surface area contributed by atoms with Gasteiger partial charge in [0.15, 0.2) is 11.5 Å². The second-order valence-electron chi connectivity index (χ2n) is 7.04. The van der Waals surface area contributed by atoms with Gasteiger partial charge in [-0.05, 0) is 30.3 Å². The molecular formula is C23H16N2O9. The summed E-state index contributed by atoms with van der Waals surface area (Å²) < 4.78 is 16.0. The number of methoxy groups -OCH3 is 2. The van der Waals surface area contributed by atoms with Crippen molar-refractivity contribution in [3.05, 3.63) is 81.4 Å². The fourth-order valence-corrected chi connectivity index (χ4v) is 3.50. The first-order chi connectivity index (χ1) is 16.2. The Kier molecular flexibility index (Phi) is 5.60. The molecule has 0 radical (unpaired) electrons. The minimum Gasteiger partial charge on any atom is -0.493 e. The van der Waals surface area contributed by atoms with Gasteiger partial charge in [-0.1, -0.05) is 0 Å². The fourth-order valence-electron chi connectivity index (χ4n) is 3.50. The van der Waals surface area contributed by atoms with Gasteiger partial charge in [-0.25, -0.2) is 9.69 Å². The van der Waals surface area contributed by atoms with Crippen LogP contribution in [0.4, 0.5) is 11.4 Å². The van der Waals surface area contributed by atoms with E-state index in [0.717, 1.165) is 4.90 Å². The number of carbonyl (C=O) groups excluding carboxylic acids is 2. The molecule has 172 valence electrons. The van der Waals surface area contributed by atoms with Crippen molar-refractivity contribution < 1.29 is 38.6 Å². The van der Waals surface area contributed by atoms with E-state index in [2.05, 4.69) is 0 Å². The summed E-state index contributed by atoms with van der Waals surface area (Å²) in [5.74, 6) is -2.07. The Bertz CT molecular complexity index is 1350. The number of ether oxygens (including phenoxy) is 3. The molecule has 0 saturated carbocycles. The van der Waals surface area contributed by atoms with Gasteiger partial charge in [-0.15, -0.1) is 0 Å². The van der Waals surface area contributed by atoms with Crippen LogP contribution in [-0.4, -0.2) is 42.0 Å². The topological polar surface area (TPSA) is 146 Å².